The number of piperidine rings is 1. The first kappa shape index (κ1) is 18.5. The number of likely N-dealkylation sites (tertiary alicyclic amines) is 1. The standard InChI is InChI=1S/C22H35NO5/c1-4-23-10-19(2)6-5-15(24)22-14(19)7-12(18(22)23)20(26)9-13(28-3)11-8-21(22,27)17(20)16(11)25/h11-18,24-27H,4-10H2,1-3H3/t11-,12+,13-,14-,15+,16+,17-,18-,19+,20+,21+,22+/m1/s1. The average Bonchev–Trinajstić information content (AvgIpc) is 3.07. The summed E-state index contributed by atoms with van der Waals surface area (Å²) in [6, 6.07) is -0.0290. The van der Waals surface area contributed by atoms with Gasteiger partial charge in [-0.2, -0.15) is 0 Å². The van der Waals surface area contributed by atoms with Gasteiger partial charge in [0, 0.05) is 49.3 Å². The summed E-state index contributed by atoms with van der Waals surface area (Å²) in [5, 5.41) is 47.4. The molecule has 0 aromatic rings. The van der Waals surface area contributed by atoms with Crippen molar-refractivity contribution in [3.05, 3.63) is 0 Å². The zero-order valence-corrected chi connectivity index (χ0v) is 17.2. The van der Waals surface area contributed by atoms with Gasteiger partial charge >= 0.3 is 0 Å². The van der Waals surface area contributed by atoms with Gasteiger partial charge in [-0.1, -0.05) is 13.8 Å². The topological polar surface area (TPSA) is 93.4 Å². The van der Waals surface area contributed by atoms with Crippen molar-refractivity contribution >= 4 is 0 Å². The van der Waals surface area contributed by atoms with Crippen LogP contribution in [0.5, 0.6) is 0 Å². The summed E-state index contributed by atoms with van der Waals surface area (Å²) in [6.45, 7) is 6.31. The first-order valence-corrected chi connectivity index (χ1v) is 11.3. The molecule has 158 valence electrons. The maximum atomic E-state index is 12.5. The lowest BCUT2D eigenvalue weighted by atomic mass is 9.42. The number of nitrogens with zero attached hydrogens (tertiary/aromatic N) is 1. The molecule has 0 radical (unpaired) electrons. The highest BCUT2D eigenvalue weighted by molar-refractivity contribution is 5.37. The Hall–Kier alpha value is -0.240. The number of ether oxygens (including phenoxy) is 1. The summed E-state index contributed by atoms with van der Waals surface area (Å²) in [6.07, 6.45) is 1.79. The van der Waals surface area contributed by atoms with E-state index < -0.39 is 34.7 Å². The van der Waals surface area contributed by atoms with E-state index in [4.69, 9.17) is 4.74 Å². The average molecular weight is 394 g/mol. The minimum absolute atomic E-state index is 0.0290. The molecule has 0 amide bonds. The summed E-state index contributed by atoms with van der Waals surface area (Å²) in [5.74, 6) is -0.613. The third-order valence-electron chi connectivity index (χ3n) is 10.8. The van der Waals surface area contributed by atoms with E-state index in [0.29, 0.717) is 19.3 Å². The molecule has 4 N–H and O–H groups in total. The zero-order chi connectivity index (χ0) is 19.9. The lowest BCUT2D eigenvalue weighted by Gasteiger charge is -2.71. The Morgan fingerprint density at radius 2 is 1.93 bits per heavy atom. The number of fused-ring (bicyclic) bond motifs is 2. The SMILES string of the molecule is CCN1C[C@]2(C)CC[C@H](O)[C@@]34[C@@H]2C[C@@H]([C@@H]13)[C@@]1(O)C[C@@H](OC)[C@H]2C[C@]4(O)[C@@H]1[C@H]2O. The lowest BCUT2D eigenvalue weighted by Crippen LogP contribution is -2.81. The highest BCUT2D eigenvalue weighted by Crippen LogP contribution is 2.79. The summed E-state index contributed by atoms with van der Waals surface area (Å²) < 4.78 is 5.72. The molecule has 6 heteroatoms. The molecule has 28 heavy (non-hydrogen) atoms. The van der Waals surface area contributed by atoms with Gasteiger partial charge in [0.05, 0.1) is 29.5 Å². The van der Waals surface area contributed by atoms with E-state index >= 15 is 0 Å². The molecule has 5 aliphatic carbocycles. The third-order valence-corrected chi connectivity index (χ3v) is 10.8. The predicted octanol–water partition coefficient (Wildman–Crippen LogP) is 0.365. The number of aliphatic hydroxyl groups is 4. The van der Waals surface area contributed by atoms with Gasteiger partial charge in [-0.3, -0.25) is 4.90 Å². The molecular formula is C22H35NO5. The number of methoxy groups -OCH3 is 1. The lowest BCUT2D eigenvalue weighted by molar-refractivity contribution is -0.321. The molecular weight excluding hydrogens is 358 g/mol. The molecule has 0 unspecified atom stereocenters. The molecule has 6 fully saturated rings. The van der Waals surface area contributed by atoms with E-state index in [1.54, 1.807) is 7.11 Å². The summed E-state index contributed by atoms with van der Waals surface area (Å²) in [7, 11) is 1.65. The molecule has 5 saturated carbocycles. The molecule has 7 bridgehead atoms. The van der Waals surface area contributed by atoms with Gasteiger partial charge in [0.25, 0.3) is 0 Å². The molecule has 1 saturated heterocycles. The van der Waals surface area contributed by atoms with Crippen LogP contribution in [0.1, 0.15) is 46.0 Å². The maximum absolute atomic E-state index is 12.5. The van der Waals surface area contributed by atoms with Crippen molar-refractivity contribution in [2.24, 2.45) is 34.5 Å². The smallest absolute Gasteiger partial charge is 0.0831 e. The highest BCUT2D eigenvalue weighted by Gasteiger charge is 2.87. The quantitative estimate of drug-likeness (QED) is 0.542. The van der Waals surface area contributed by atoms with Crippen molar-refractivity contribution < 1.29 is 25.2 Å². The van der Waals surface area contributed by atoms with Crippen LogP contribution >= 0.6 is 0 Å². The Morgan fingerprint density at radius 1 is 1.18 bits per heavy atom. The fourth-order valence-electron chi connectivity index (χ4n) is 10.1. The molecule has 6 nitrogen and oxygen atoms in total. The maximum Gasteiger partial charge on any atom is 0.0831 e. The van der Waals surface area contributed by atoms with E-state index in [9.17, 15) is 20.4 Å². The second-order valence-corrected chi connectivity index (χ2v) is 11.3. The number of hydrogen-bond donors (Lipinski definition) is 4. The van der Waals surface area contributed by atoms with Crippen molar-refractivity contribution in [3.63, 3.8) is 0 Å². The Labute approximate surface area is 166 Å². The van der Waals surface area contributed by atoms with E-state index in [-0.39, 0.29) is 35.3 Å². The molecule has 1 aliphatic heterocycles. The van der Waals surface area contributed by atoms with Crippen LogP contribution in [0.15, 0.2) is 0 Å². The fourth-order valence-corrected chi connectivity index (χ4v) is 10.1. The second kappa shape index (κ2) is 5.14. The molecule has 0 aromatic carbocycles. The predicted molar refractivity (Wildman–Crippen MR) is 101 cm³/mol. The fraction of sp³-hybridized carbons (Fsp3) is 1.00. The first-order valence-electron chi connectivity index (χ1n) is 11.3. The van der Waals surface area contributed by atoms with Gasteiger partial charge in [-0.05, 0) is 43.6 Å². The number of rotatable bonds is 2. The molecule has 6 rings (SSSR count). The van der Waals surface area contributed by atoms with Crippen LogP contribution in [0.3, 0.4) is 0 Å². The van der Waals surface area contributed by atoms with Crippen LogP contribution in [0.4, 0.5) is 0 Å². The largest absolute Gasteiger partial charge is 0.392 e. The van der Waals surface area contributed by atoms with Crippen molar-refractivity contribution in [1.82, 2.24) is 4.90 Å². The Bertz CT molecular complexity index is 719. The van der Waals surface area contributed by atoms with Crippen molar-refractivity contribution in [3.8, 4) is 0 Å². The van der Waals surface area contributed by atoms with Gasteiger partial charge < -0.3 is 25.2 Å². The van der Waals surface area contributed by atoms with E-state index in [0.717, 1.165) is 25.9 Å². The van der Waals surface area contributed by atoms with Gasteiger partial charge in [0.15, 0.2) is 0 Å². The Balaban J connectivity index is 1.64. The molecule has 0 aromatic heterocycles. The molecule has 1 spiro atoms. The molecule has 12 atom stereocenters. The number of hydrogen-bond acceptors (Lipinski definition) is 6. The normalized spacial score (nSPS) is 67.0. The van der Waals surface area contributed by atoms with Gasteiger partial charge in [0.2, 0.25) is 0 Å². The van der Waals surface area contributed by atoms with Gasteiger partial charge in [-0.25, -0.2) is 0 Å². The van der Waals surface area contributed by atoms with Crippen LogP contribution < -0.4 is 0 Å². The summed E-state index contributed by atoms with van der Waals surface area (Å²) in [5.41, 5.74) is -3.02. The van der Waals surface area contributed by atoms with Gasteiger partial charge in [0.1, 0.15) is 0 Å². The van der Waals surface area contributed by atoms with Crippen LogP contribution in [-0.4, -0.2) is 81.1 Å². The molecule has 6 aliphatic rings. The Kier molecular flexibility index (Phi) is 3.40. The Morgan fingerprint density at radius 3 is 2.61 bits per heavy atom. The van der Waals surface area contributed by atoms with E-state index in [2.05, 4.69) is 18.7 Å². The zero-order valence-electron chi connectivity index (χ0n) is 17.2. The van der Waals surface area contributed by atoms with Crippen molar-refractivity contribution in [2.75, 3.05) is 20.2 Å². The summed E-state index contributed by atoms with van der Waals surface area (Å²) >= 11 is 0. The highest BCUT2D eigenvalue weighted by atomic mass is 16.5. The van der Waals surface area contributed by atoms with Crippen LogP contribution in [-0.2, 0) is 4.74 Å². The minimum atomic E-state index is -1.25. The van der Waals surface area contributed by atoms with Crippen molar-refractivity contribution in [2.45, 2.75) is 81.5 Å². The van der Waals surface area contributed by atoms with Crippen LogP contribution in [0, 0.1) is 34.5 Å². The number of aliphatic hydroxyl groups excluding tert-OH is 2. The monoisotopic (exact) mass is 393 g/mol. The first-order chi connectivity index (χ1) is 13.2. The second-order valence-electron chi connectivity index (χ2n) is 11.3. The van der Waals surface area contributed by atoms with Crippen LogP contribution in [0.2, 0.25) is 0 Å². The van der Waals surface area contributed by atoms with E-state index in [1.165, 1.54) is 0 Å². The third kappa shape index (κ3) is 1.59. The molecule has 1 heterocycles. The summed E-state index contributed by atoms with van der Waals surface area (Å²) in [4.78, 5) is 2.45. The van der Waals surface area contributed by atoms with Gasteiger partial charge in [-0.15, -0.1) is 0 Å². The van der Waals surface area contributed by atoms with E-state index in [1.807, 2.05) is 0 Å². The van der Waals surface area contributed by atoms with Crippen molar-refractivity contribution in [1.29, 1.82) is 0 Å². The van der Waals surface area contributed by atoms with Crippen LogP contribution in [0.25, 0.3) is 0 Å². The minimum Gasteiger partial charge on any atom is -0.392 e.